The van der Waals surface area contributed by atoms with Crippen LogP contribution in [0.15, 0.2) is 48.5 Å². The summed E-state index contributed by atoms with van der Waals surface area (Å²) >= 11 is 0. The molecule has 1 aliphatic rings. The van der Waals surface area contributed by atoms with Crippen molar-refractivity contribution in [3.05, 3.63) is 54.1 Å². The van der Waals surface area contributed by atoms with E-state index in [1.807, 2.05) is 55.5 Å². The smallest absolute Gasteiger partial charge is 0.243 e. The quantitative estimate of drug-likeness (QED) is 0.390. The molecule has 0 aromatic heterocycles. The average molecular weight is 497 g/mol. The van der Waals surface area contributed by atoms with Gasteiger partial charge < -0.3 is 24.4 Å². The van der Waals surface area contributed by atoms with Gasteiger partial charge in [0.2, 0.25) is 11.8 Å². The molecule has 7 heteroatoms. The van der Waals surface area contributed by atoms with Gasteiger partial charge in [-0.3, -0.25) is 9.59 Å². The molecule has 0 saturated heterocycles. The Morgan fingerprint density at radius 3 is 2.08 bits per heavy atom. The van der Waals surface area contributed by atoms with Crippen molar-refractivity contribution in [1.82, 2.24) is 10.2 Å². The van der Waals surface area contributed by atoms with Gasteiger partial charge in [0.1, 0.15) is 23.3 Å². The summed E-state index contributed by atoms with van der Waals surface area (Å²) in [6.45, 7) is 2.75. The van der Waals surface area contributed by atoms with Crippen molar-refractivity contribution in [3.63, 3.8) is 0 Å². The Morgan fingerprint density at radius 2 is 1.50 bits per heavy atom. The maximum absolute atomic E-state index is 13.4. The second kappa shape index (κ2) is 14.4. The maximum Gasteiger partial charge on any atom is 0.243 e. The molecule has 2 aromatic carbocycles. The fourth-order valence-electron chi connectivity index (χ4n) is 4.62. The molecule has 2 amide bonds. The minimum Gasteiger partial charge on any atom is -0.497 e. The zero-order valence-corrected chi connectivity index (χ0v) is 21.8. The number of rotatable bonds is 13. The van der Waals surface area contributed by atoms with Gasteiger partial charge in [0.25, 0.3) is 0 Å². The van der Waals surface area contributed by atoms with Gasteiger partial charge in [0, 0.05) is 19.0 Å². The predicted molar refractivity (Wildman–Crippen MR) is 140 cm³/mol. The number of amides is 2. The van der Waals surface area contributed by atoms with Crippen LogP contribution in [0.5, 0.6) is 17.2 Å². The Hall–Kier alpha value is -3.22. The predicted octanol–water partition coefficient (Wildman–Crippen LogP) is 5.12. The molecule has 0 bridgehead atoms. The van der Waals surface area contributed by atoms with Crippen LogP contribution in [0.25, 0.3) is 0 Å². The van der Waals surface area contributed by atoms with Crippen molar-refractivity contribution in [3.8, 4) is 17.2 Å². The molecule has 0 radical (unpaired) electrons. The van der Waals surface area contributed by atoms with Crippen LogP contribution in [0.2, 0.25) is 0 Å². The van der Waals surface area contributed by atoms with Gasteiger partial charge in [-0.05, 0) is 67.6 Å². The van der Waals surface area contributed by atoms with E-state index in [0.717, 1.165) is 48.5 Å². The highest BCUT2D eigenvalue weighted by molar-refractivity contribution is 5.87. The number of carbonyl (C=O) groups is 2. The first-order chi connectivity index (χ1) is 17.5. The molecule has 0 aliphatic heterocycles. The zero-order valence-electron chi connectivity index (χ0n) is 21.8. The van der Waals surface area contributed by atoms with Crippen LogP contribution >= 0.6 is 0 Å². The van der Waals surface area contributed by atoms with E-state index < -0.39 is 6.04 Å². The number of nitrogens with zero attached hydrogens (tertiary/aromatic N) is 1. The summed E-state index contributed by atoms with van der Waals surface area (Å²) < 4.78 is 16.2. The summed E-state index contributed by atoms with van der Waals surface area (Å²) in [4.78, 5) is 28.4. The number of benzene rings is 2. The molecule has 1 N–H and O–H groups in total. The van der Waals surface area contributed by atoms with Crippen molar-refractivity contribution < 1.29 is 23.8 Å². The van der Waals surface area contributed by atoms with E-state index in [1.54, 1.807) is 19.1 Å². The van der Waals surface area contributed by atoms with Crippen molar-refractivity contribution >= 4 is 11.8 Å². The Morgan fingerprint density at radius 1 is 0.917 bits per heavy atom. The molecule has 1 aliphatic carbocycles. The van der Waals surface area contributed by atoms with Crippen molar-refractivity contribution in [1.29, 1.82) is 0 Å². The average Bonchev–Trinajstić information content (AvgIpc) is 2.92. The monoisotopic (exact) mass is 496 g/mol. The molecule has 1 atom stereocenters. The molecule has 36 heavy (non-hydrogen) atoms. The van der Waals surface area contributed by atoms with Gasteiger partial charge in [-0.1, -0.05) is 38.3 Å². The largest absolute Gasteiger partial charge is 0.497 e. The molecule has 2 aromatic rings. The number of methoxy groups -OCH3 is 2. The highest BCUT2D eigenvalue weighted by Gasteiger charge is 2.30. The first kappa shape index (κ1) is 27.4. The van der Waals surface area contributed by atoms with Gasteiger partial charge in [0.15, 0.2) is 0 Å². The summed E-state index contributed by atoms with van der Waals surface area (Å²) in [5.74, 6) is 2.16. The fourth-order valence-corrected chi connectivity index (χ4v) is 4.62. The van der Waals surface area contributed by atoms with E-state index in [4.69, 9.17) is 14.2 Å². The topological polar surface area (TPSA) is 77.1 Å². The lowest BCUT2D eigenvalue weighted by molar-refractivity contribution is -0.142. The number of nitrogens with one attached hydrogen (secondary N) is 1. The Bertz CT molecular complexity index is 939. The van der Waals surface area contributed by atoms with Crippen LogP contribution in [0, 0.1) is 0 Å². The van der Waals surface area contributed by atoms with Crippen LogP contribution in [-0.2, 0) is 16.1 Å². The third-order valence-electron chi connectivity index (χ3n) is 6.71. The van der Waals surface area contributed by atoms with E-state index in [2.05, 4.69) is 5.32 Å². The summed E-state index contributed by atoms with van der Waals surface area (Å²) in [7, 11) is 3.25. The third kappa shape index (κ3) is 8.18. The zero-order chi connectivity index (χ0) is 25.8. The van der Waals surface area contributed by atoms with Gasteiger partial charge in [-0.15, -0.1) is 0 Å². The van der Waals surface area contributed by atoms with Gasteiger partial charge in [-0.25, -0.2) is 0 Å². The van der Waals surface area contributed by atoms with Gasteiger partial charge in [-0.2, -0.15) is 0 Å². The number of hydrogen-bond acceptors (Lipinski definition) is 5. The summed E-state index contributed by atoms with van der Waals surface area (Å²) in [6, 6.07) is 14.7. The summed E-state index contributed by atoms with van der Waals surface area (Å²) in [6.07, 6.45) is 6.96. The Balaban J connectivity index is 1.64. The van der Waals surface area contributed by atoms with E-state index in [9.17, 15) is 9.59 Å². The molecule has 196 valence electrons. The Kier molecular flexibility index (Phi) is 10.9. The highest BCUT2D eigenvalue weighted by Crippen LogP contribution is 2.21. The SMILES string of the molecule is CCC(C(=O)NC1CCCCC1)N(Cc1ccc(OC)cc1)C(=O)CCCOc1ccc(OC)cc1. The molecule has 1 unspecified atom stereocenters. The molecule has 0 heterocycles. The van der Waals surface area contributed by atoms with E-state index in [0.29, 0.717) is 32.4 Å². The second-order valence-electron chi connectivity index (χ2n) is 9.26. The lowest BCUT2D eigenvalue weighted by Crippen LogP contribution is -2.51. The lowest BCUT2D eigenvalue weighted by atomic mass is 9.95. The third-order valence-corrected chi connectivity index (χ3v) is 6.71. The van der Waals surface area contributed by atoms with Crippen LogP contribution in [0.4, 0.5) is 0 Å². The molecular weight excluding hydrogens is 456 g/mol. The standard InChI is InChI=1S/C29H40N2O5/c1-4-27(29(33)30-23-9-6-5-7-10-23)31(21-22-12-14-24(34-2)15-13-22)28(32)11-8-20-36-26-18-16-25(35-3)17-19-26/h12-19,23,27H,4-11,20-21H2,1-3H3,(H,30,33). The minimum atomic E-state index is -0.510. The van der Waals surface area contributed by atoms with Crippen molar-refractivity contribution in [2.75, 3.05) is 20.8 Å². The molecule has 1 saturated carbocycles. The van der Waals surface area contributed by atoms with Crippen LogP contribution in [-0.4, -0.2) is 49.6 Å². The second-order valence-corrected chi connectivity index (χ2v) is 9.26. The molecular formula is C29H40N2O5. The highest BCUT2D eigenvalue weighted by atomic mass is 16.5. The number of hydrogen-bond donors (Lipinski definition) is 1. The summed E-state index contributed by atoms with van der Waals surface area (Å²) in [5, 5.41) is 3.22. The van der Waals surface area contributed by atoms with Gasteiger partial charge in [0.05, 0.1) is 20.8 Å². The molecule has 3 rings (SSSR count). The Labute approximate surface area is 215 Å². The van der Waals surface area contributed by atoms with Crippen molar-refractivity contribution in [2.24, 2.45) is 0 Å². The summed E-state index contributed by atoms with van der Waals surface area (Å²) in [5.41, 5.74) is 0.961. The van der Waals surface area contributed by atoms with E-state index in [-0.39, 0.29) is 17.9 Å². The van der Waals surface area contributed by atoms with E-state index >= 15 is 0 Å². The van der Waals surface area contributed by atoms with Crippen LogP contribution < -0.4 is 19.5 Å². The van der Waals surface area contributed by atoms with Crippen molar-refractivity contribution in [2.45, 2.75) is 76.9 Å². The van der Waals surface area contributed by atoms with Crippen LogP contribution in [0.1, 0.15) is 63.9 Å². The van der Waals surface area contributed by atoms with E-state index in [1.165, 1.54) is 6.42 Å². The minimum absolute atomic E-state index is 0.0465. The van der Waals surface area contributed by atoms with Crippen LogP contribution in [0.3, 0.4) is 0 Å². The number of ether oxygens (including phenoxy) is 3. The first-order valence-electron chi connectivity index (χ1n) is 13.0. The van der Waals surface area contributed by atoms with Gasteiger partial charge >= 0.3 is 0 Å². The molecule has 7 nitrogen and oxygen atoms in total. The maximum atomic E-state index is 13.4. The normalized spacial score (nSPS) is 14.5. The first-order valence-corrected chi connectivity index (χ1v) is 13.0. The molecule has 1 fully saturated rings. The number of carbonyl (C=O) groups excluding carboxylic acids is 2. The lowest BCUT2D eigenvalue weighted by Gasteiger charge is -2.33. The fraction of sp³-hybridized carbons (Fsp3) is 0.517. The molecule has 0 spiro atoms.